The number of nitrogens with one attached hydrogen (secondary N) is 1. The lowest BCUT2D eigenvalue weighted by molar-refractivity contribution is -0.144. The van der Waals surface area contributed by atoms with E-state index >= 15 is 0 Å². The van der Waals surface area contributed by atoms with Gasteiger partial charge in [0.1, 0.15) is 17.6 Å². The zero-order valence-electron chi connectivity index (χ0n) is 19.1. The van der Waals surface area contributed by atoms with E-state index in [0.717, 1.165) is 16.8 Å². The Hall–Kier alpha value is -3.83. The van der Waals surface area contributed by atoms with Crippen molar-refractivity contribution in [2.45, 2.75) is 33.9 Å². The molecule has 0 saturated carbocycles. The number of amides is 1. The van der Waals surface area contributed by atoms with E-state index < -0.39 is 5.97 Å². The van der Waals surface area contributed by atoms with Gasteiger partial charge in [0.05, 0.1) is 38.1 Å². The number of aromatic nitrogens is 1. The zero-order valence-corrected chi connectivity index (χ0v) is 19.1. The maximum absolute atomic E-state index is 13.0. The molecule has 0 spiro atoms. The van der Waals surface area contributed by atoms with Crippen molar-refractivity contribution in [1.29, 1.82) is 5.26 Å². The van der Waals surface area contributed by atoms with E-state index in [1.807, 2.05) is 54.8 Å². The monoisotopic (exact) mass is 448 g/mol. The maximum Gasteiger partial charge on any atom is 0.320 e. The van der Waals surface area contributed by atoms with Gasteiger partial charge in [-0.3, -0.25) is 14.5 Å². The van der Waals surface area contributed by atoms with Crippen LogP contribution in [0.3, 0.4) is 0 Å². The van der Waals surface area contributed by atoms with Crippen LogP contribution in [0, 0.1) is 25.2 Å². The summed E-state index contributed by atoms with van der Waals surface area (Å²) in [5.74, 6) is 0.405. The minimum atomic E-state index is -0.396. The summed E-state index contributed by atoms with van der Waals surface area (Å²) >= 11 is 0. The van der Waals surface area contributed by atoms with Crippen LogP contribution in [0.25, 0.3) is 0 Å². The van der Waals surface area contributed by atoms with Gasteiger partial charge < -0.3 is 19.0 Å². The lowest BCUT2D eigenvalue weighted by Gasteiger charge is -2.21. The molecule has 0 aliphatic rings. The SMILES string of the molecule is CCOC(=O)CN(CC(=O)Nc1c(C#N)c(C)c(C)n1Cc1ccco1)Cc1ccccc1. The molecule has 2 heterocycles. The summed E-state index contributed by atoms with van der Waals surface area (Å²) in [5.41, 5.74) is 3.05. The molecule has 0 atom stereocenters. The number of carbonyl (C=O) groups is 2. The van der Waals surface area contributed by atoms with Crippen LogP contribution in [0.2, 0.25) is 0 Å². The molecule has 1 N–H and O–H groups in total. The Kier molecular flexibility index (Phi) is 8.06. The van der Waals surface area contributed by atoms with Crippen LogP contribution in [-0.2, 0) is 27.4 Å². The van der Waals surface area contributed by atoms with Crippen molar-refractivity contribution in [1.82, 2.24) is 9.47 Å². The average Bonchev–Trinajstić information content (AvgIpc) is 3.37. The second-order valence-electron chi connectivity index (χ2n) is 7.70. The number of anilines is 1. The molecule has 0 saturated heterocycles. The second-order valence-corrected chi connectivity index (χ2v) is 7.70. The van der Waals surface area contributed by atoms with Crippen LogP contribution < -0.4 is 5.32 Å². The number of nitrogens with zero attached hydrogens (tertiary/aromatic N) is 3. The number of ether oxygens (including phenoxy) is 1. The van der Waals surface area contributed by atoms with Gasteiger partial charge in [-0.15, -0.1) is 0 Å². The molecule has 0 bridgehead atoms. The molecule has 0 unspecified atom stereocenters. The first-order valence-corrected chi connectivity index (χ1v) is 10.8. The molecule has 8 heteroatoms. The Balaban J connectivity index is 1.81. The first-order chi connectivity index (χ1) is 15.9. The fraction of sp³-hybridized carbons (Fsp3) is 0.320. The highest BCUT2D eigenvalue weighted by molar-refractivity contribution is 5.93. The lowest BCUT2D eigenvalue weighted by Crippen LogP contribution is -2.37. The molecular weight excluding hydrogens is 420 g/mol. The van der Waals surface area contributed by atoms with Gasteiger partial charge in [-0.2, -0.15) is 5.26 Å². The smallest absolute Gasteiger partial charge is 0.320 e. The summed E-state index contributed by atoms with van der Waals surface area (Å²) in [5, 5.41) is 12.6. The third kappa shape index (κ3) is 6.11. The van der Waals surface area contributed by atoms with Crippen molar-refractivity contribution in [3.05, 3.63) is 76.9 Å². The number of esters is 1. The summed E-state index contributed by atoms with van der Waals surface area (Å²) in [4.78, 5) is 26.9. The number of nitriles is 1. The number of rotatable bonds is 10. The number of hydrogen-bond donors (Lipinski definition) is 1. The zero-order chi connectivity index (χ0) is 23.8. The molecule has 172 valence electrons. The molecule has 3 aromatic rings. The Bertz CT molecular complexity index is 1130. The first kappa shape index (κ1) is 23.8. The van der Waals surface area contributed by atoms with Crippen molar-refractivity contribution < 1.29 is 18.7 Å². The van der Waals surface area contributed by atoms with Gasteiger partial charge in [0.15, 0.2) is 0 Å². The fourth-order valence-electron chi connectivity index (χ4n) is 3.66. The molecule has 2 aromatic heterocycles. The van der Waals surface area contributed by atoms with Crippen molar-refractivity contribution in [2.75, 3.05) is 25.0 Å². The molecule has 1 aromatic carbocycles. The van der Waals surface area contributed by atoms with Crippen LogP contribution in [0.5, 0.6) is 0 Å². The Morgan fingerprint density at radius 3 is 2.55 bits per heavy atom. The van der Waals surface area contributed by atoms with Crippen molar-refractivity contribution in [2.24, 2.45) is 0 Å². The molecule has 0 radical (unpaired) electrons. The minimum absolute atomic E-state index is 0.0211. The van der Waals surface area contributed by atoms with Crippen molar-refractivity contribution >= 4 is 17.7 Å². The van der Waals surface area contributed by atoms with Gasteiger partial charge in [0, 0.05) is 12.2 Å². The number of benzene rings is 1. The first-order valence-electron chi connectivity index (χ1n) is 10.8. The van der Waals surface area contributed by atoms with E-state index in [4.69, 9.17) is 9.15 Å². The van der Waals surface area contributed by atoms with Gasteiger partial charge in [0.25, 0.3) is 0 Å². The maximum atomic E-state index is 13.0. The van der Waals surface area contributed by atoms with E-state index in [-0.39, 0.29) is 25.6 Å². The molecule has 0 aliphatic heterocycles. The Labute approximate surface area is 193 Å². The quantitative estimate of drug-likeness (QED) is 0.476. The Morgan fingerprint density at radius 2 is 1.91 bits per heavy atom. The van der Waals surface area contributed by atoms with Gasteiger partial charge in [0.2, 0.25) is 5.91 Å². The third-order valence-corrected chi connectivity index (χ3v) is 5.37. The highest BCUT2D eigenvalue weighted by Gasteiger charge is 2.22. The van der Waals surface area contributed by atoms with Crippen LogP contribution in [-0.4, -0.2) is 41.0 Å². The topological polar surface area (TPSA) is 101 Å². The van der Waals surface area contributed by atoms with Crippen LogP contribution >= 0.6 is 0 Å². The van der Waals surface area contributed by atoms with E-state index in [1.165, 1.54) is 0 Å². The summed E-state index contributed by atoms with van der Waals surface area (Å²) in [6.45, 7) is 6.50. The van der Waals surface area contributed by atoms with E-state index in [9.17, 15) is 14.9 Å². The summed E-state index contributed by atoms with van der Waals surface area (Å²) < 4.78 is 12.4. The second kappa shape index (κ2) is 11.2. The van der Waals surface area contributed by atoms with Gasteiger partial charge >= 0.3 is 5.97 Å². The predicted octanol–water partition coefficient (Wildman–Crippen LogP) is 3.62. The van der Waals surface area contributed by atoms with Crippen LogP contribution in [0.1, 0.15) is 35.1 Å². The summed E-state index contributed by atoms with van der Waals surface area (Å²) in [6, 6.07) is 15.4. The Morgan fingerprint density at radius 1 is 1.15 bits per heavy atom. The highest BCUT2D eigenvalue weighted by atomic mass is 16.5. The number of hydrogen-bond acceptors (Lipinski definition) is 6. The van der Waals surface area contributed by atoms with Crippen molar-refractivity contribution in [3.8, 4) is 6.07 Å². The van der Waals surface area contributed by atoms with Crippen LogP contribution in [0.15, 0.2) is 53.1 Å². The summed E-state index contributed by atoms with van der Waals surface area (Å²) in [6.07, 6.45) is 1.58. The van der Waals surface area contributed by atoms with Crippen molar-refractivity contribution in [3.63, 3.8) is 0 Å². The molecule has 0 aliphatic carbocycles. The van der Waals surface area contributed by atoms with Gasteiger partial charge in [-0.1, -0.05) is 30.3 Å². The van der Waals surface area contributed by atoms with E-state index in [2.05, 4.69) is 11.4 Å². The van der Waals surface area contributed by atoms with E-state index in [1.54, 1.807) is 24.2 Å². The molecule has 3 rings (SSSR count). The van der Waals surface area contributed by atoms with Gasteiger partial charge in [-0.05, 0) is 44.0 Å². The van der Waals surface area contributed by atoms with E-state index in [0.29, 0.717) is 30.2 Å². The van der Waals surface area contributed by atoms with Gasteiger partial charge in [-0.25, -0.2) is 0 Å². The molecule has 33 heavy (non-hydrogen) atoms. The molecule has 8 nitrogen and oxygen atoms in total. The molecule has 0 fully saturated rings. The average molecular weight is 449 g/mol. The number of carbonyl (C=O) groups excluding carboxylic acids is 2. The standard InChI is InChI=1S/C25H28N4O4/c1-4-32-24(31)17-28(14-20-9-6-5-7-10-20)16-23(30)27-25-22(13-26)18(2)19(3)29(25)15-21-11-8-12-33-21/h5-12H,4,14-17H2,1-3H3,(H,27,30). The fourth-order valence-corrected chi connectivity index (χ4v) is 3.66. The van der Waals surface area contributed by atoms with Crippen LogP contribution in [0.4, 0.5) is 5.82 Å². The normalized spacial score (nSPS) is 10.8. The largest absolute Gasteiger partial charge is 0.467 e. The molecule has 1 amide bonds. The molecular formula is C25H28N4O4. The lowest BCUT2D eigenvalue weighted by atomic mass is 10.2. The summed E-state index contributed by atoms with van der Waals surface area (Å²) in [7, 11) is 0. The number of furan rings is 1. The predicted molar refractivity (Wildman–Crippen MR) is 123 cm³/mol. The minimum Gasteiger partial charge on any atom is -0.467 e. The third-order valence-electron chi connectivity index (χ3n) is 5.37. The highest BCUT2D eigenvalue weighted by Crippen LogP contribution is 2.27.